The molecule has 0 unspecified atom stereocenters. The maximum Gasteiger partial charge on any atom is 0.408 e. The van der Waals surface area contributed by atoms with Gasteiger partial charge in [-0.15, -0.1) is 24.8 Å². The molecule has 0 radical (unpaired) electrons. The number of piperazine rings is 1. The lowest BCUT2D eigenvalue weighted by Gasteiger charge is -2.36. The van der Waals surface area contributed by atoms with Crippen molar-refractivity contribution in [2.24, 2.45) is 0 Å². The summed E-state index contributed by atoms with van der Waals surface area (Å²) in [6, 6.07) is -0.224. The first kappa shape index (κ1) is 21.4. The van der Waals surface area contributed by atoms with Gasteiger partial charge in [0.25, 0.3) is 0 Å². The molecule has 0 saturated carbocycles. The van der Waals surface area contributed by atoms with Gasteiger partial charge in [-0.05, 0) is 18.6 Å². The first-order chi connectivity index (χ1) is 9.32. The van der Waals surface area contributed by atoms with Crippen LogP contribution in [0.3, 0.4) is 0 Å². The Kier molecular flexibility index (Phi) is 8.05. The minimum absolute atomic E-state index is 0. The summed E-state index contributed by atoms with van der Waals surface area (Å²) in [6.45, 7) is 2.24. The second kappa shape index (κ2) is 8.29. The zero-order valence-electron chi connectivity index (χ0n) is 11.7. The first-order valence-electron chi connectivity index (χ1n) is 6.28. The predicted octanol–water partition coefficient (Wildman–Crippen LogP) is 3.63. The van der Waals surface area contributed by atoms with Gasteiger partial charge in [0.05, 0.1) is 5.56 Å². The number of alkyl halides is 3. The standard InChI is InChI=1S/C13H15F5N2.2ClH/c1-8-2-3-9(14)10(11(8)15)12(13(16,17)18)20-6-4-19-5-7-20;;/h2-3,12,19H,4-7H2,1H3;2*1H/t12-;;/m0../s1. The van der Waals surface area contributed by atoms with Gasteiger partial charge < -0.3 is 5.32 Å². The van der Waals surface area contributed by atoms with E-state index < -0.39 is 29.4 Å². The van der Waals surface area contributed by atoms with E-state index in [1.165, 1.54) is 6.92 Å². The molecule has 22 heavy (non-hydrogen) atoms. The largest absolute Gasteiger partial charge is 0.408 e. The van der Waals surface area contributed by atoms with Crippen LogP contribution in [-0.4, -0.2) is 37.3 Å². The van der Waals surface area contributed by atoms with Crippen LogP contribution in [-0.2, 0) is 0 Å². The Bertz CT molecular complexity index is 490. The van der Waals surface area contributed by atoms with E-state index in [-0.39, 0.29) is 43.5 Å². The third kappa shape index (κ3) is 4.44. The minimum atomic E-state index is -4.73. The molecule has 2 nitrogen and oxygen atoms in total. The Hall–Kier alpha value is -0.630. The van der Waals surface area contributed by atoms with Crippen LogP contribution in [0.15, 0.2) is 12.1 Å². The summed E-state index contributed by atoms with van der Waals surface area (Å²) in [5.74, 6) is -2.28. The summed E-state index contributed by atoms with van der Waals surface area (Å²) >= 11 is 0. The van der Waals surface area contributed by atoms with Gasteiger partial charge in [0.1, 0.15) is 17.7 Å². The van der Waals surface area contributed by atoms with E-state index in [4.69, 9.17) is 0 Å². The molecule has 1 aromatic carbocycles. The number of hydrogen-bond acceptors (Lipinski definition) is 2. The van der Waals surface area contributed by atoms with E-state index >= 15 is 0 Å². The van der Waals surface area contributed by atoms with Crippen molar-refractivity contribution < 1.29 is 22.0 Å². The average Bonchev–Trinajstić information content (AvgIpc) is 2.39. The predicted molar refractivity (Wildman–Crippen MR) is 78.8 cm³/mol. The molecule has 1 aliphatic heterocycles. The Morgan fingerprint density at radius 2 is 1.64 bits per heavy atom. The number of rotatable bonds is 2. The van der Waals surface area contributed by atoms with Crippen molar-refractivity contribution in [3.63, 3.8) is 0 Å². The van der Waals surface area contributed by atoms with Crippen LogP contribution in [0.1, 0.15) is 17.2 Å². The van der Waals surface area contributed by atoms with Crippen molar-refractivity contribution in [2.45, 2.75) is 19.1 Å². The van der Waals surface area contributed by atoms with Crippen molar-refractivity contribution in [3.05, 3.63) is 34.9 Å². The average molecular weight is 367 g/mol. The molecule has 128 valence electrons. The fourth-order valence-electron chi connectivity index (χ4n) is 2.42. The maximum absolute atomic E-state index is 14.0. The lowest BCUT2D eigenvalue weighted by Crippen LogP contribution is -2.49. The molecule has 1 fully saturated rings. The molecule has 2 rings (SSSR count). The van der Waals surface area contributed by atoms with Crippen LogP contribution in [0.2, 0.25) is 0 Å². The topological polar surface area (TPSA) is 15.3 Å². The van der Waals surface area contributed by atoms with Gasteiger partial charge in [-0.25, -0.2) is 8.78 Å². The Morgan fingerprint density at radius 3 is 2.14 bits per heavy atom. The third-order valence-electron chi connectivity index (χ3n) is 3.42. The molecular formula is C13H17Cl2F5N2. The quantitative estimate of drug-likeness (QED) is 0.804. The fraction of sp³-hybridized carbons (Fsp3) is 0.538. The molecule has 0 aliphatic carbocycles. The lowest BCUT2D eigenvalue weighted by molar-refractivity contribution is -0.189. The number of benzene rings is 1. The van der Waals surface area contributed by atoms with Gasteiger partial charge in [-0.1, -0.05) is 6.07 Å². The summed E-state index contributed by atoms with van der Waals surface area (Å²) in [7, 11) is 0. The summed E-state index contributed by atoms with van der Waals surface area (Å²) in [6.07, 6.45) is -4.73. The van der Waals surface area contributed by atoms with Gasteiger partial charge in [0, 0.05) is 26.2 Å². The van der Waals surface area contributed by atoms with Crippen molar-refractivity contribution in [3.8, 4) is 0 Å². The number of halogens is 7. The van der Waals surface area contributed by atoms with Crippen molar-refractivity contribution in [1.29, 1.82) is 0 Å². The lowest BCUT2D eigenvalue weighted by atomic mass is 10.00. The van der Waals surface area contributed by atoms with E-state index in [1.807, 2.05) is 0 Å². The van der Waals surface area contributed by atoms with Gasteiger partial charge >= 0.3 is 6.18 Å². The highest BCUT2D eigenvalue weighted by Gasteiger charge is 2.47. The number of aryl methyl sites for hydroxylation is 1. The molecule has 9 heteroatoms. The molecule has 1 heterocycles. The zero-order chi connectivity index (χ0) is 14.9. The summed E-state index contributed by atoms with van der Waals surface area (Å²) in [5, 5.41) is 2.92. The van der Waals surface area contributed by atoms with Crippen LogP contribution in [0.5, 0.6) is 0 Å². The van der Waals surface area contributed by atoms with Gasteiger partial charge in [0.2, 0.25) is 0 Å². The normalized spacial score (nSPS) is 17.4. The van der Waals surface area contributed by atoms with Crippen LogP contribution in [0.25, 0.3) is 0 Å². The number of hydrogen-bond donors (Lipinski definition) is 1. The van der Waals surface area contributed by atoms with E-state index in [1.54, 1.807) is 0 Å². The number of nitrogens with one attached hydrogen (secondary N) is 1. The van der Waals surface area contributed by atoms with Gasteiger partial charge in [0.15, 0.2) is 0 Å². The molecule has 0 aromatic heterocycles. The van der Waals surface area contributed by atoms with Crippen LogP contribution >= 0.6 is 24.8 Å². The molecule has 0 spiro atoms. The molecule has 0 amide bonds. The smallest absolute Gasteiger partial charge is 0.314 e. The maximum atomic E-state index is 14.0. The Balaban J connectivity index is 0.00000220. The third-order valence-corrected chi connectivity index (χ3v) is 3.42. The van der Waals surface area contributed by atoms with E-state index in [0.717, 1.165) is 17.0 Å². The second-order valence-electron chi connectivity index (χ2n) is 4.82. The number of nitrogens with zero attached hydrogens (tertiary/aromatic N) is 1. The molecule has 0 bridgehead atoms. The monoisotopic (exact) mass is 366 g/mol. The van der Waals surface area contributed by atoms with E-state index in [9.17, 15) is 22.0 Å². The Morgan fingerprint density at radius 1 is 1.09 bits per heavy atom. The van der Waals surface area contributed by atoms with Crippen molar-refractivity contribution in [1.82, 2.24) is 10.2 Å². The van der Waals surface area contributed by atoms with E-state index in [0.29, 0.717) is 13.1 Å². The van der Waals surface area contributed by atoms with Crippen molar-refractivity contribution >= 4 is 24.8 Å². The summed E-state index contributed by atoms with van der Waals surface area (Å²) in [5.41, 5.74) is -0.898. The minimum Gasteiger partial charge on any atom is -0.314 e. The second-order valence-corrected chi connectivity index (χ2v) is 4.82. The fourth-order valence-corrected chi connectivity index (χ4v) is 2.42. The van der Waals surface area contributed by atoms with Gasteiger partial charge in [-0.2, -0.15) is 13.2 Å². The SMILES string of the molecule is Cc1ccc(F)c([C@H](N2CCNCC2)C(F)(F)F)c1F.Cl.Cl. The Labute approximate surface area is 137 Å². The first-order valence-corrected chi connectivity index (χ1v) is 6.28. The molecular weight excluding hydrogens is 350 g/mol. The zero-order valence-corrected chi connectivity index (χ0v) is 13.3. The summed E-state index contributed by atoms with van der Waals surface area (Å²) in [4.78, 5) is 1.07. The molecule has 1 atom stereocenters. The van der Waals surface area contributed by atoms with E-state index in [2.05, 4.69) is 5.32 Å². The molecule has 1 aliphatic rings. The highest BCUT2D eigenvalue weighted by Crippen LogP contribution is 2.40. The van der Waals surface area contributed by atoms with Crippen LogP contribution in [0.4, 0.5) is 22.0 Å². The van der Waals surface area contributed by atoms with Crippen LogP contribution in [0, 0.1) is 18.6 Å². The van der Waals surface area contributed by atoms with Crippen LogP contribution < -0.4 is 5.32 Å². The van der Waals surface area contributed by atoms with Gasteiger partial charge in [-0.3, -0.25) is 4.90 Å². The van der Waals surface area contributed by atoms with Crippen molar-refractivity contribution in [2.75, 3.05) is 26.2 Å². The molecule has 1 saturated heterocycles. The molecule has 1 aromatic rings. The highest BCUT2D eigenvalue weighted by molar-refractivity contribution is 5.85. The highest BCUT2D eigenvalue weighted by atomic mass is 35.5. The summed E-state index contributed by atoms with van der Waals surface area (Å²) < 4.78 is 67.7. The molecule has 1 N–H and O–H groups in total.